The Hall–Kier alpha value is -3.23. The molecule has 0 bridgehead atoms. The number of benzene rings is 2. The lowest BCUT2D eigenvalue weighted by Crippen LogP contribution is -2.53. The van der Waals surface area contributed by atoms with Crippen molar-refractivity contribution in [2.45, 2.75) is 114 Å². The number of pyridine rings is 1. The monoisotopic (exact) mass is 705 g/mol. The molecule has 1 saturated carbocycles. The number of nitrogens with zero attached hydrogens (tertiary/aromatic N) is 2. The number of carboxylic acids is 1. The number of rotatable bonds is 10. The van der Waals surface area contributed by atoms with Crippen molar-refractivity contribution in [3.63, 3.8) is 0 Å². The van der Waals surface area contributed by atoms with Crippen LogP contribution in [0.2, 0.25) is 5.02 Å². The third-order valence-corrected chi connectivity index (χ3v) is 12.6. The number of aliphatic carboxylic acids is 1. The van der Waals surface area contributed by atoms with Crippen molar-refractivity contribution in [1.82, 2.24) is 9.88 Å². The van der Waals surface area contributed by atoms with Gasteiger partial charge in [-0.05, 0) is 122 Å². The number of carbonyl (C=O) groups is 1. The number of likely N-dealkylation sites (tertiary alicyclic amines) is 1. The van der Waals surface area contributed by atoms with Gasteiger partial charge in [0, 0.05) is 60.6 Å². The summed E-state index contributed by atoms with van der Waals surface area (Å²) in [6, 6.07) is 16.1. The molecule has 6 nitrogen and oxygen atoms in total. The van der Waals surface area contributed by atoms with Crippen LogP contribution in [0.1, 0.15) is 106 Å². The zero-order valence-electron chi connectivity index (χ0n) is 29.3. The summed E-state index contributed by atoms with van der Waals surface area (Å²) < 4.78 is 34.4. The molecule has 2 aromatic carbocycles. The van der Waals surface area contributed by atoms with E-state index in [9.17, 15) is 18.7 Å². The molecule has 0 unspecified atom stereocenters. The molecule has 7 rings (SSSR count). The van der Waals surface area contributed by atoms with E-state index in [1.54, 1.807) is 12.1 Å². The third-order valence-electron chi connectivity index (χ3n) is 12.4. The number of piperidine rings is 1. The minimum Gasteiger partial charge on any atom is -0.493 e. The van der Waals surface area contributed by atoms with E-state index >= 15 is 0 Å². The van der Waals surface area contributed by atoms with Gasteiger partial charge in [-0.15, -0.1) is 0 Å². The van der Waals surface area contributed by atoms with Crippen molar-refractivity contribution in [2.75, 3.05) is 25.0 Å². The summed E-state index contributed by atoms with van der Waals surface area (Å²) in [7, 11) is 0. The van der Waals surface area contributed by atoms with E-state index in [0.717, 1.165) is 49.8 Å². The molecule has 1 aliphatic heterocycles. The zero-order chi connectivity index (χ0) is 35.1. The van der Waals surface area contributed by atoms with Crippen LogP contribution in [0.5, 0.6) is 5.75 Å². The SMILES string of the molecule is C[C@@H](COc1ccnc2c1[C@H](C)CCC2)C[C@H]1Cc2ccc(CN3CCC(F)(F)CC3)cc2C12CCC(Nc1cccc(Cl)c1)(C(=O)O)CC2. The molecule has 1 saturated heterocycles. The molecule has 2 fully saturated rings. The Balaban J connectivity index is 1.13. The first-order chi connectivity index (χ1) is 24.0. The lowest BCUT2D eigenvalue weighted by Gasteiger charge is -2.47. The summed E-state index contributed by atoms with van der Waals surface area (Å²) in [6.45, 7) is 6.60. The minimum absolute atomic E-state index is 0.0952. The summed E-state index contributed by atoms with van der Waals surface area (Å²) in [5.74, 6) is -1.37. The average molecular weight is 706 g/mol. The number of nitrogens with one attached hydrogen (secondary N) is 1. The Morgan fingerprint density at radius 1 is 1.10 bits per heavy atom. The third kappa shape index (κ3) is 7.12. The lowest BCUT2D eigenvalue weighted by atomic mass is 9.59. The number of halogens is 3. The van der Waals surface area contributed by atoms with Gasteiger partial charge >= 0.3 is 5.97 Å². The molecule has 3 aromatic rings. The summed E-state index contributed by atoms with van der Waals surface area (Å²) in [4.78, 5) is 19.8. The lowest BCUT2D eigenvalue weighted by molar-refractivity contribution is -0.144. The van der Waals surface area contributed by atoms with Gasteiger partial charge in [0.15, 0.2) is 0 Å². The number of hydrogen-bond acceptors (Lipinski definition) is 5. The predicted octanol–water partition coefficient (Wildman–Crippen LogP) is 9.43. The van der Waals surface area contributed by atoms with Gasteiger partial charge in [-0.1, -0.05) is 49.7 Å². The van der Waals surface area contributed by atoms with E-state index < -0.39 is 17.4 Å². The Kier molecular flexibility index (Phi) is 9.90. The molecular weight excluding hydrogens is 656 g/mol. The highest BCUT2D eigenvalue weighted by molar-refractivity contribution is 6.30. The number of anilines is 1. The topological polar surface area (TPSA) is 74.7 Å². The molecule has 1 aromatic heterocycles. The molecule has 0 radical (unpaired) electrons. The summed E-state index contributed by atoms with van der Waals surface area (Å²) in [6.07, 6.45) is 9.39. The molecule has 268 valence electrons. The van der Waals surface area contributed by atoms with Crippen LogP contribution < -0.4 is 10.1 Å². The Morgan fingerprint density at radius 3 is 2.62 bits per heavy atom. The number of ether oxygens (including phenoxy) is 1. The van der Waals surface area contributed by atoms with E-state index in [4.69, 9.17) is 16.3 Å². The van der Waals surface area contributed by atoms with Crippen molar-refractivity contribution in [3.05, 3.63) is 87.7 Å². The smallest absolute Gasteiger partial charge is 0.329 e. The van der Waals surface area contributed by atoms with E-state index in [1.165, 1.54) is 28.8 Å². The number of aryl methyl sites for hydroxylation is 1. The van der Waals surface area contributed by atoms with Crippen molar-refractivity contribution in [3.8, 4) is 5.75 Å². The highest BCUT2D eigenvalue weighted by Gasteiger charge is 2.54. The Labute approximate surface area is 300 Å². The van der Waals surface area contributed by atoms with Crippen LogP contribution in [0.25, 0.3) is 0 Å². The second kappa shape index (κ2) is 14.1. The van der Waals surface area contributed by atoms with Crippen LogP contribution in [0.3, 0.4) is 0 Å². The van der Waals surface area contributed by atoms with Crippen molar-refractivity contribution < 1.29 is 23.4 Å². The van der Waals surface area contributed by atoms with E-state index in [-0.39, 0.29) is 18.3 Å². The molecule has 2 heterocycles. The van der Waals surface area contributed by atoms with Crippen molar-refractivity contribution in [1.29, 1.82) is 0 Å². The second-order valence-corrected chi connectivity index (χ2v) is 16.3. The van der Waals surface area contributed by atoms with Gasteiger partial charge in [0.25, 0.3) is 5.92 Å². The normalized spacial score (nSPS) is 28.1. The van der Waals surface area contributed by atoms with Crippen LogP contribution in [-0.2, 0) is 29.6 Å². The van der Waals surface area contributed by atoms with Crippen molar-refractivity contribution >= 4 is 23.3 Å². The average Bonchev–Trinajstić information content (AvgIpc) is 3.37. The molecule has 50 heavy (non-hydrogen) atoms. The fourth-order valence-corrected chi connectivity index (χ4v) is 9.73. The fraction of sp³-hybridized carbons (Fsp3) is 0.561. The van der Waals surface area contributed by atoms with Gasteiger partial charge in [-0.3, -0.25) is 9.88 Å². The zero-order valence-corrected chi connectivity index (χ0v) is 30.1. The highest BCUT2D eigenvalue weighted by Crippen LogP contribution is 2.56. The maximum Gasteiger partial charge on any atom is 0.329 e. The van der Waals surface area contributed by atoms with Crippen LogP contribution in [0, 0.1) is 11.8 Å². The van der Waals surface area contributed by atoms with Gasteiger partial charge < -0.3 is 15.2 Å². The first-order valence-corrected chi connectivity index (χ1v) is 18.9. The number of alkyl halides is 2. The quantitative estimate of drug-likeness (QED) is 0.219. The highest BCUT2D eigenvalue weighted by atomic mass is 35.5. The molecule has 3 atom stereocenters. The first kappa shape index (κ1) is 35.2. The molecule has 0 amide bonds. The van der Waals surface area contributed by atoms with Crippen LogP contribution in [0.4, 0.5) is 14.5 Å². The van der Waals surface area contributed by atoms with Crippen LogP contribution in [-0.4, -0.2) is 52.1 Å². The van der Waals surface area contributed by atoms with Crippen LogP contribution in [0.15, 0.2) is 54.7 Å². The summed E-state index contributed by atoms with van der Waals surface area (Å²) in [5.41, 5.74) is 5.70. The van der Waals surface area contributed by atoms with Gasteiger partial charge in [0.05, 0.1) is 6.61 Å². The minimum atomic E-state index is -2.57. The molecule has 9 heteroatoms. The number of aromatic nitrogens is 1. The molecule has 1 spiro atoms. The van der Waals surface area contributed by atoms with Crippen molar-refractivity contribution in [2.24, 2.45) is 11.8 Å². The maximum absolute atomic E-state index is 13.9. The Bertz CT molecular complexity index is 1700. The Morgan fingerprint density at radius 2 is 1.88 bits per heavy atom. The number of carboxylic acid groups (broad SMARTS) is 1. The number of fused-ring (bicyclic) bond motifs is 3. The van der Waals surface area contributed by atoms with Gasteiger partial charge in [-0.25, -0.2) is 13.6 Å². The van der Waals surface area contributed by atoms with Gasteiger partial charge in [0.2, 0.25) is 0 Å². The molecular formula is C41H50ClF2N3O3. The molecule has 3 aliphatic carbocycles. The fourth-order valence-electron chi connectivity index (χ4n) is 9.54. The largest absolute Gasteiger partial charge is 0.493 e. The summed E-state index contributed by atoms with van der Waals surface area (Å²) in [5, 5.41) is 14.6. The van der Waals surface area contributed by atoms with Crippen LogP contribution >= 0.6 is 11.6 Å². The maximum atomic E-state index is 13.9. The van der Waals surface area contributed by atoms with E-state index in [2.05, 4.69) is 47.2 Å². The van der Waals surface area contributed by atoms with Gasteiger partial charge in [-0.2, -0.15) is 0 Å². The molecule has 2 N–H and O–H groups in total. The van der Waals surface area contributed by atoms with E-state index in [1.807, 2.05) is 24.4 Å². The second-order valence-electron chi connectivity index (χ2n) is 15.8. The standard InChI is InChI=1S/C41H50ClF2N3O3/c1-27(26-50-36-11-18-45-35-8-3-5-28(2)37(35)36)21-31-23-30-10-9-29(25-47-19-16-41(43,44)17-20-47)22-34(30)39(31)12-14-40(15-13-39,38(48)49)46-33-7-4-6-32(42)24-33/h4,6-7,9-11,18,22,24,27-28,31,46H,3,5,8,12-17,19-21,23,25-26H2,1-2H3,(H,48,49)/t27-,28-,31+,39?,40?/m1/s1. The number of hydrogen-bond donors (Lipinski definition) is 2. The van der Waals surface area contributed by atoms with E-state index in [0.29, 0.717) is 67.5 Å². The molecule has 4 aliphatic rings. The van der Waals surface area contributed by atoms with Gasteiger partial charge in [0.1, 0.15) is 11.3 Å². The summed E-state index contributed by atoms with van der Waals surface area (Å²) >= 11 is 6.27. The first-order valence-electron chi connectivity index (χ1n) is 18.6. The predicted molar refractivity (Wildman–Crippen MR) is 194 cm³/mol.